The maximum Gasteiger partial charge on any atom is 0.272 e. The monoisotopic (exact) mass is 223 g/mol. The lowest BCUT2D eigenvalue weighted by Crippen LogP contribution is -2.43. The summed E-state index contributed by atoms with van der Waals surface area (Å²) in [5.41, 5.74) is -1.93. The van der Waals surface area contributed by atoms with Crippen LogP contribution in [-0.2, 0) is 4.79 Å². The van der Waals surface area contributed by atoms with Crippen molar-refractivity contribution >= 4 is 17.5 Å². The molecule has 0 aliphatic carbocycles. The van der Waals surface area contributed by atoms with Crippen LogP contribution < -0.4 is 0 Å². The molecule has 0 bridgehead atoms. The molecule has 1 N–H and O–H groups in total. The van der Waals surface area contributed by atoms with E-state index >= 15 is 0 Å². The molecule has 1 aliphatic rings. The van der Waals surface area contributed by atoms with Gasteiger partial charge in [0.2, 0.25) is 0 Å². The standard InChI is InChI=1S/C9H15ClFNO2/c1-6(13)7-2-4-12(5-3-7)9(14)8(10)11/h6-8,13H,2-5H2,1H3. The SMILES string of the molecule is CC(O)C1CCN(C(=O)C(F)Cl)CC1. The Morgan fingerprint density at radius 1 is 1.57 bits per heavy atom. The summed E-state index contributed by atoms with van der Waals surface area (Å²) in [4.78, 5) is 12.5. The van der Waals surface area contributed by atoms with Crippen molar-refractivity contribution in [1.82, 2.24) is 4.90 Å². The van der Waals surface area contributed by atoms with Crippen LogP contribution >= 0.6 is 11.6 Å². The van der Waals surface area contributed by atoms with Gasteiger partial charge in [-0.15, -0.1) is 0 Å². The van der Waals surface area contributed by atoms with Crippen LogP contribution in [0.25, 0.3) is 0 Å². The molecule has 0 aromatic heterocycles. The highest BCUT2D eigenvalue weighted by Gasteiger charge is 2.28. The number of rotatable bonds is 2. The molecule has 14 heavy (non-hydrogen) atoms. The maximum atomic E-state index is 12.5. The highest BCUT2D eigenvalue weighted by Crippen LogP contribution is 2.21. The van der Waals surface area contributed by atoms with Gasteiger partial charge in [-0.25, -0.2) is 4.39 Å². The van der Waals surface area contributed by atoms with Gasteiger partial charge in [0.15, 0.2) is 0 Å². The van der Waals surface area contributed by atoms with Crippen LogP contribution in [0.1, 0.15) is 19.8 Å². The van der Waals surface area contributed by atoms with E-state index < -0.39 is 11.5 Å². The van der Waals surface area contributed by atoms with E-state index in [1.165, 1.54) is 4.90 Å². The first-order valence-corrected chi connectivity index (χ1v) is 5.21. The predicted octanol–water partition coefficient (Wildman–Crippen LogP) is 1.14. The zero-order chi connectivity index (χ0) is 10.7. The lowest BCUT2D eigenvalue weighted by Gasteiger charge is -2.33. The van der Waals surface area contributed by atoms with Crippen LogP contribution in [0.15, 0.2) is 0 Å². The fourth-order valence-corrected chi connectivity index (χ4v) is 1.88. The van der Waals surface area contributed by atoms with Crippen molar-refractivity contribution in [3.63, 3.8) is 0 Å². The van der Waals surface area contributed by atoms with Crippen LogP contribution in [0.5, 0.6) is 0 Å². The molecule has 1 rings (SSSR count). The Morgan fingerprint density at radius 3 is 2.43 bits per heavy atom. The summed E-state index contributed by atoms with van der Waals surface area (Å²) in [7, 11) is 0. The van der Waals surface area contributed by atoms with Gasteiger partial charge in [0.1, 0.15) is 0 Å². The maximum absolute atomic E-state index is 12.5. The number of carbonyl (C=O) groups excluding carboxylic acids is 1. The second-order valence-electron chi connectivity index (χ2n) is 3.70. The number of likely N-dealkylation sites (tertiary alicyclic amines) is 1. The van der Waals surface area contributed by atoms with Crippen LogP contribution in [0, 0.1) is 5.92 Å². The van der Waals surface area contributed by atoms with Crippen LogP contribution in [-0.4, -0.2) is 40.7 Å². The summed E-state index contributed by atoms with van der Waals surface area (Å²) in [5, 5.41) is 9.31. The first-order chi connectivity index (χ1) is 6.52. The van der Waals surface area contributed by atoms with Gasteiger partial charge in [0.05, 0.1) is 6.10 Å². The quantitative estimate of drug-likeness (QED) is 0.714. The number of hydrogen-bond donors (Lipinski definition) is 1. The number of hydrogen-bond acceptors (Lipinski definition) is 2. The number of nitrogens with zero attached hydrogens (tertiary/aromatic N) is 1. The van der Waals surface area contributed by atoms with E-state index in [1.807, 2.05) is 0 Å². The van der Waals surface area contributed by atoms with Gasteiger partial charge >= 0.3 is 0 Å². The Hall–Kier alpha value is -0.350. The highest BCUT2D eigenvalue weighted by molar-refractivity contribution is 6.29. The number of amides is 1. The van der Waals surface area contributed by atoms with Crippen LogP contribution in [0.3, 0.4) is 0 Å². The molecule has 2 atom stereocenters. The molecule has 0 saturated carbocycles. The van der Waals surface area contributed by atoms with Gasteiger partial charge in [-0.2, -0.15) is 0 Å². The van der Waals surface area contributed by atoms with Crippen molar-refractivity contribution < 1.29 is 14.3 Å². The lowest BCUT2D eigenvalue weighted by atomic mass is 9.92. The van der Waals surface area contributed by atoms with Crippen LogP contribution in [0.2, 0.25) is 0 Å². The van der Waals surface area contributed by atoms with Crippen molar-refractivity contribution in [3.8, 4) is 0 Å². The molecule has 5 heteroatoms. The molecule has 0 aromatic carbocycles. The summed E-state index contributed by atoms with van der Waals surface area (Å²) in [6.07, 6.45) is 1.07. The number of alkyl halides is 2. The summed E-state index contributed by atoms with van der Waals surface area (Å²) in [6, 6.07) is 0. The summed E-state index contributed by atoms with van der Waals surface area (Å²) in [5.74, 6) is -0.442. The Labute approximate surface area is 87.8 Å². The smallest absolute Gasteiger partial charge is 0.272 e. The topological polar surface area (TPSA) is 40.5 Å². The summed E-state index contributed by atoms with van der Waals surface area (Å²) in [6.45, 7) is 2.71. The Balaban J connectivity index is 2.39. The van der Waals surface area contributed by atoms with Gasteiger partial charge in [-0.1, -0.05) is 11.6 Å². The molecule has 1 amide bonds. The minimum atomic E-state index is -1.93. The largest absolute Gasteiger partial charge is 0.393 e. The average Bonchev–Trinajstić information content (AvgIpc) is 2.16. The Kier molecular flexibility index (Phi) is 4.13. The van der Waals surface area contributed by atoms with Crippen molar-refractivity contribution in [2.24, 2.45) is 5.92 Å². The van der Waals surface area contributed by atoms with Crippen molar-refractivity contribution in [3.05, 3.63) is 0 Å². The van der Waals surface area contributed by atoms with Gasteiger partial charge in [0.25, 0.3) is 11.5 Å². The minimum absolute atomic E-state index is 0.215. The molecule has 2 unspecified atom stereocenters. The molecule has 0 aromatic rings. The van der Waals surface area contributed by atoms with Crippen molar-refractivity contribution in [1.29, 1.82) is 0 Å². The van der Waals surface area contributed by atoms with E-state index in [9.17, 15) is 14.3 Å². The fourth-order valence-electron chi connectivity index (χ4n) is 1.74. The Morgan fingerprint density at radius 2 is 2.07 bits per heavy atom. The fraction of sp³-hybridized carbons (Fsp3) is 0.889. The zero-order valence-corrected chi connectivity index (χ0v) is 8.88. The van der Waals surface area contributed by atoms with E-state index in [4.69, 9.17) is 11.6 Å². The van der Waals surface area contributed by atoms with Crippen molar-refractivity contribution in [2.75, 3.05) is 13.1 Å². The first-order valence-electron chi connectivity index (χ1n) is 4.77. The molecular weight excluding hydrogens is 209 g/mol. The molecule has 1 aliphatic heterocycles. The molecule has 0 spiro atoms. The normalized spacial score (nSPS) is 23.3. The van der Waals surface area contributed by atoms with E-state index in [2.05, 4.69) is 0 Å². The number of aliphatic hydroxyl groups excluding tert-OH is 1. The zero-order valence-electron chi connectivity index (χ0n) is 8.12. The number of halogens is 2. The minimum Gasteiger partial charge on any atom is -0.393 e. The third kappa shape index (κ3) is 2.82. The number of piperidine rings is 1. The molecule has 1 saturated heterocycles. The molecule has 0 radical (unpaired) electrons. The second kappa shape index (κ2) is 4.94. The van der Waals surface area contributed by atoms with Crippen molar-refractivity contribution in [2.45, 2.75) is 31.5 Å². The van der Waals surface area contributed by atoms with E-state index in [-0.39, 0.29) is 12.0 Å². The van der Waals surface area contributed by atoms with Crippen LogP contribution in [0.4, 0.5) is 4.39 Å². The Bertz CT molecular complexity index is 203. The summed E-state index contributed by atoms with van der Waals surface area (Å²) >= 11 is 5.05. The predicted molar refractivity (Wildman–Crippen MR) is 51.7 cm³/mol. The summed E-state index contributed by atoms with van der Waals surface area (Å²) < 4.78 is 12.5. The van der Waals surface area contributed by atoms with Gasteiger partial charge in [0, 0.05) is 13.1 Å². The third-order valence-corrected chi connectivity index (χ3v) is 2.91. The van der Waals surface area contributed by atoms with E-state index in [0.29, 0.717) is 25.9 Å². The number of aliphatic hydroxyl groups is 1. The van der Waals surface area contributed by atoms with Gasteiger partial charge < -0.3 is 10.0 Å². The lowest BCUT2D eigenvalue weighted by molar-refractivity contribution is -0.135. The molecule has 1 heterocycles. The molecule has 82 valence electrons. The van der Waals surface area contributed by atoms with Gasteiger partial charge in [-0.05, 0) is 25.7 Å². The average molecular weight is 224 g/mol. The first kappa shape index (κ1) is 11.7. The van der Waals surface area contributed by atoms with E-state index in [0.717, 1.165) is 0 Å². The molecule has 3 nitrogen and oxygen atoms in total. The second-order valence-corrected chi connectivity index (χ2v) is 4.09. The number of carbonyl (C=O) groups is 1. The van der Waals surface area contributed by atoms with E-state index in [1.54, 1.807) is 6.92 Å². The third-order valence-electron chi connectivity index (χ3n) is 2.72. The van der Waals surface area contributed by atoms with Gasteiger partial charge in [-0.3, -0.25) is 4.79 Å². The molecular formula is C9H15ClFNO2. The molecule has 1 fully saturated rings. The highest BCUT2D eigenvalue weighted by atomic mass is 35.5.